The Morgan fingerprint density at radius 2 is 1.67 bits per heavy atom. The van der Waals surface area contributed by atoms with Gasteiger partial charge >= 0.3 is 0 Å². The smallest absolute Gasteiger partial charge is 0.255 e. The van der Waals surface area contributed by atoms with Gasteiger partial charge < -0.3 is 5.73 Å². The predicted molar refractivity (Wildman–Crippen MR) is 73.9 cm³/mol. The first-order valence-corrected chi connectivity index (χ1v) is 6.06. The Labute approximate surface area is 109 Å². The van der Waals surface area contributed by atoms with Gasteiger partial charge in [0.15, 0.2) is 0 Å². The normalized spacial score (nSPS) is 13.3. The van der Waals surface area contributed by atoms with Crippen molar-refractivity contribution in [3.63, 3.8) is 0 Å². The summed E-state index contributed by atoms with van der Waals surface area (Å²) in [5.74, 6) is 4.76. The number of aryl methyl sites for hydroxylation is 2. The maximum Gasteiger partial charge on any atom is 0.255 e. The van der Waals surface area contributed by atoms with Crippen LogP contribution in [0.15, 0.2) is 12.1 Å². The lowest BCUT2D eigenvalue weighted by atomic mass is 9.82. The van der Waals surface area contributed by atoms with Gasteiger partial charge in [0.1, 0.15) is 6.04 Å². The van der Waals surface area contributed by atoms with Gasteiger partial charge in [-0.2, -0.15) is 0 Å². The first kappa shape index (κ1) is 14.7. The van der Waals surface area contributed by atoms with Crippen LogP contribution in [0.4, 0.5) is 0 Å². The Hall–Kier alpha value is -1.39. The molecule has 5 N–H and O–H groups in total. The second kappa shape index (κ2) is 5.08. The summed E-state index contributed by atoms with van der Waals surface area (Å²) in [5, 5.41) is 0. The van der Waals surface area contributed by atoms with Gasteiger partial charge in [0, 0.05) is 0 Å². The van der Waals surface area contributed by atoms with Crippen molar-refractivity contribution in [2.45, 2.75) is 46.1 Å². The van der Waals surface area contributed by atoms with E-state index < -0.39 is 6.04 Å². The minimum Gasteiger partial charge on any atom is -0.316 e. The van der Waals surface area contributed by atoms with Gasteiger partial charge in [-0.25, -0.2) is 5.84 Å². The lowest BCUT2D eigenvalue weighted by Gasteiger charge is -2.24. The van der Waals surface area contributed by atoms with E-state index in [2.05, 4.69) is 38.3 Å². The monoisotopic (exact) mass is 249 g/mol. The third kappa shape index (κ3) is 2.89. The summed E-state index contributed by atoms with van der Waals surface area (Å²) in [4.78, 5) is 11.5. The number of hydrogen-bond donors (Lipinski definition) is 3. The Kier molecular flexibility index (Phi) is 4.14. The van der Waals surface area contributed by atoms with E-state index in [9.17, 15) is 4.79 Å². The molecule has 0 aliphatic heterocycles. The highest BCUT2D eigenvalue weighted by Gasteiger charge is 2.22. The van der Waals surface area contributed by atoms with E-state index in [0.29, 0.717) is 0 Å². The number of nitrogens with two attached hydrogens (primary N) is 2. The molecule has 18 heavy (non-hydrogen) atoms. The number of nitrogens with one attached hydrogen (secondary N) is 1. The first-order chi connectivity index (χ1) is 8.18. The number of benzene rings is 1. The number of hydrogen-bond acceptors (Lipinski definition) is 3. The van der Waals surface area contributed by atoms with Crippen molar-refractivity contribution in [3.05, 3.63) is 34.4 Å². The lowest BCUT2D eigenvalue weighted by molar-refractivity contribution is -0.122. The summed E-state index contributed by atoms with van der Waals surface area (Å²) >= 11 is 0. The molecule has 1 rings (SSSR count). The maximum absolute atomic E-state index is 11.5. The zero-order valence-corrected chi connectivity index (χ0v) is 11.8. The quantitative estimate of drug-likeness (QED) is 0.423. The van der Waals surface area contributed by atoms with Crippen LogP contribution in [0.2, 0.25) is 0 Å². The number of amides is 1. The minimum atomic E-state index is -0.719. The average Bonchev–Trinajstić information content (AvgIpc) is 2.25. The number of carbonyl (C=O) groups is 1. The third-order valence-electron chi connectivity index (χ3n) is 3.20. The van der Waals surface area contributed by atoms with Gasteiger partial charge in [0.05, 0.1) is 0 Å². The van der Waals surface area contributed by atoms with Crippen LogP contribution in [0.1, 0.15) is 49.1 Å². The molecule has 0 saturated carbocycles. The van der Waals surface area contributed by atoms with Crippen molar-refractivity contribution in [1.29, 1.82) is 0 Å². The van der Waals surface area contributed by atoms with E-state index in [-0.39, 0.29) is 11.3 Å². The van der Waals surface area contributed by atoms with E-state index in [0.717, 1.165) is 16.7 Å². The molecule has 4 heteroatoms. The zero-order valence-electron chi connectivity index (χ0n) is 11.8. The van der Waals surface area contributed by atoms with Crippen LogP contribution in [0.3, 0.4) is 0 Å². The number of hydrazine groups is 1. The van der Waals surface area contributed by atoms with Gasteiger partial charge in [-0.3, -0.25) is 10.2 Å². The maximum atomic E-state index is 11.5. The van der Waals surface area contributed by atoms with Crippen molar-refractivity contribution in [2.75, 3.05) is 0 Å². The van der Waals surface area contributed by atoms with Gasteiger partial charge in [0.25, 0.3) is 5.91 Å². The van der Waals surface area contributed by atoms with Gasteiger partial charge in [0.2, 0.25) is 0 Å². The first-order valence-electron chi connectivity index (χ1n) is 6.06. The van der Waals surface area contributed by atoms with Crippen LogP contribution in [0.25, 0.3) is 0 Å². The highest BCUT2D eigenvalue weighted by Crippen LogP contribution is 2.29. The summed E-state index contributed by atoms with van der Waals surface area (Å²) < 4.78 is 0. The fourth-order valence-corrected chi connectivity index (χ4v) is 2.12. The van der Waals surface area contributed by atoms with E-state index >= 15 is 0 Å². The van der Waals surface area contributed by atoms with E-state index in [4.69, 9.17) is 11.6 Å². The lowest BCUT2D eigenvalue weighted by Crippen LogP contribution is -2.39. The minimum absolute atomic E-state index is 0.0777. The highest BCUT2D eigenvalue weighted by molar-refractivity contribution is 5.83. The fraction of sp³-hybridized carbons (Fsp3) is 0.500. The Balaban J connectivity index is 3.29. The predicted octanol–water partition coefficient (Wildman–Crippen LogP) is 1.59. The molecule has 0 aromatic heterocycles. The van der Waals surface area contributed by atoms with Crippen LogP contribution in [-0.2, 0) is 10.2 Å². The van der Waals surface area contributed by atoms with Gasteiger partial charge in [-0.05, 0) is 41.5 Å². The molecule has 0 heterocycles. The van der Waals surface area contributed by atoms with Crippen LogP contribution in [0, 0.1) is 13.8 Å². The molecule has 0 spiro atoms. The van der Waals surface area contributed by atoms with Crippen molar-refractivity contribution in [1.82, 2.24) is 5.43 Å². The average molecular weight is 249 g/mol. The molecule has 1 aromatic rings. The van der Waals surface area contributed by atoms with Crippen molar-refractivity contribution >= 4 is 5.91 Å². The van der Waals surface area contributed by atoms with Gasteiger partial charge in [-0.1, -0.05) is 32.9 Å². The van der Waals surface area contributed by atoms with E-state index in [1.165, 1.54) is 5.56 Å². The van der Waals surface area contributed by atoms with Crippen LogP contribution in [0.5, 0.6) is 0 Å². The number of carbonyl (C=O) groups excluding carboxylic acids is 1. The molecular formula is C14H23N3O. The molecule has 0 aliphatic carbocycles. The molecule has 0 fully saturated rings. The molecular weight excluding hydrogens is 226 g/mol. The summed E-state index contributed by atoms with van der Waals surface area (Å²) in [7, 11) is 0. The molecule has 1 amide bonds. The zero-order chi connectivity index (χ0) is 14.1. The van der Waals surface area contributed by atoms with Crippen molar-refractivity contribution in [2.24, 2.45) is 11.6 Å². The summed E-state index contributed by atoms with van der Waals surface area (Å²) in [6.45, 7) is 10.4. The van der Waals surface area contributed by atoms with E-state index in [1.807, 2.05) is 13.8 Å². The van der Waals surface area contributed by atoms with E-state index in [1.54, 1.807) is 0 Å². The Morgan fingerprint density at radius 1 is 1.22 bits per heavy atom. The summed E-state index contributed by atoms with van der Waals surface area (Å²) in [5.41, 5.74) is 12.2. The van der Waals surface area contributed by atoms with Crippen molar-refractivity contribution < 1.29 is 4.79 Å². The van der Waals surface area contributed by atoms with Crippen molar-refractivity contribution in [3.8, 4) is 0 Å². The molecule has 100 valence electrons. The molecule has 4 nitrogen and oxygen atoms in total. The fourth-order valence-electron chi connectivity index (χ4n) is 2.12. The molecule has 1 atom stereocenters. The van der Waals surface area contributed by atoms with Crippen LogP contribution in [-0.4, -0.2) is 5.91 Å². The Morgan fingerprint density at radius 3 is 2.00 bits per heavy atom. The largest absolute Gasteiger partial charge is 0.316 e. The van der Waals surface area contributed by atoms with Gasteiger partial charge in [-0.15, -0.1) is 0 Å². The summed E-state index contributed by atoms with van der Waals surface area (Å²) in [6.07, 6.45) is 0. The Bertz CT molecular complexity index is 438. The molecule has 0 bridgehead atoms. The molecule has 0 saturated heterocycles. The SMILES string of the molecule is Cc1cc(C(C)(C)C)cc(C)c1C(N)C(=O)NN. The van der Waals surface area contributed by atoms with Crippen LogP contribution < -0.4 is 17.0 Å². The second-order valence-electron chi connectivity index (χ2n) is 5.76. The molecule has 1 aromatic carbocycles. The highest BCUT2D eigenvalue weighted by atomic mass is 16.2. The molecule has 0 radical (unpaired) electrons. The second-order valence-corrected chi connectivity index (χ2v) is 5.76. The summed E-state index contributed by atoms with van der Waals surface area (Å²) in [6, 6.07) is 3.46. The third-order valence-corrected chi connectivity index (χ3v) is 3.20. The standard InChI is InChI=1S/C14H23N3O/c1-8-6-10(14(3,4)5)7-9(2)11(8)12(15)13(18)17-16/h6-7,12H,15-16H2,1-5H3,(H,17,18). The topological polar surface area (TPSA) is 81.1 Å². The number of rotatable bonds is 2. The molecule has 1 unspecified atom stereocenters. The van der Waals surface area contributed by atoms with Crippen LogP contribution >= 0.6 is 0 Å². The molecule has 0 aliphatic rings.